The normalized spacial score (nSPS) is 17.4. The molecule has 1 N–H and O–H groups in total. The van der Waals surface area contributed by atoms with Crippen molar-refractivity contribution >= 4 is 5.97 Å². The van der Waals surface area contributed by atoms with Gasteiger partial charge in [-0.1, -0.05) is 65.0 Å². The standard InChI is InChI=1S/C31H44O4/c1-8-31(9-2,24-12-10-23(21(3)18-24)11-16-28(32)30(5,6)7)25-13-15-27(22(4)19-25)34-20-26-14-17-29(33)35-26/h10,12-13,15,18-19,26,28,32H,8-9,11,14,16-17,20H2,1-7H3. The van der Waals surface area contributed by atoms with Crippen molar-refractivity contribution in [3.63, 3.8) is 0 Å². The van der Waals surface area contributed by atoms with Crippen LogP contribution in [-0.4, -0.2) is 29.9 Å². The molecule has 35 heavy (non-hydrogen) atoms. The summed E-state index contributed by atoms with van der Waals surface area (Å²) in [6.07, 6.45) is 4.43. The molecule has 0 radical (unpaired) electrons. The van der Waals surface area contributed by atoms with Crippen molar-refractivity contribution in [3.05, 3.63) is 64.2 Å². The Labute approximate surface area is 212 Å². The number of aryl methyl sites for hydroxylation is 3. The van der Waals surface area contributed by atoms with Gasteiger partial charge in [0.25, 0.3) is 0 Å². The van der Waals surface area contributed by atoms with E-state index in [2.05, 4.69) is 84.9 Å². The first kappa shape index (κ1) is 27.3. The van der Waals surface area contributed by atoms with Crippen LogP contribution in [0.15, 0.2) is 36.4 Å². The molecule has 1 saturated heterocycles. The van der Waals surface area contributed by atoms with Crippen molar-refractivity contribution in [2.45, 2.75) is 105 Å². The van der Waals surface area contributed by atoms with Crippen molar-refractivity contribution in [2.24, 2.45) is 5.41 Å². The van der Waals surface area contributed by atoms with Crippen LogP contribution in [0.5, 0.6) is 5.75 Å². The summed E-state index contributed by atoms with van der Waals surface area (Å²) in [6.45, 7) is 15.5. The summed E-state index contributed by atoms with van der Waals surface area (Å²) in [5.41, 5.74) is 6.17. The van der Waals surface area contributed by atoms with E-state index < -0.39 is 0 Å². The van der Waals surface area contributed by atoms with Crippen LogP contribution < -0.4 is 4.74 Å². The molecule has 1 heterocycles. The van der Waals surface area contributed by atoms with Crippen molar-refractivity contribution in [1.82, 2.24) is 0 Å². The van der Waals surface area contributed by atoms with Crippen LogP contribution in [-0.2, 0) is 21.4 Å². The maximum Gasteiger partial charge on any atom is 0.306 e. The smallest absolute Gasteiger partial charge is 0.306 e. The quantitative estimate of drug-likeness (QED) is 0.379. The fourth-order valence-corrected chi connectivity index (χ4v) is 5.22. The van der Waals surface area contributed by atoms with Gasteiger partial charge in [-0.3, -0.25) is 4.79 Å². The maximum atomic E-state index is 11.3. The van der Waals surface area contributed by atoms with E-state index in [4.69, 9.17) is 9.47 Å². The molecule has 4 nitrogen and oxygen atoms in total. The Kier molecular flexibility index (Phi) is 8.69. The zero-order valence-electron chi connectivity index (χ0n) is 22.7. The lowest BCUT2D eigenvalue weighted by Crippen LogP contribution is -2.27. The number of carbonyl (C=O) groups is 1. The highest BCUT2D eigenvalue weighted by atomic mass is 16.6. The van der Waals surface area contributed by atoms with Gasteiger partial charge >= 0.3 is 5.97 Å². The minimum absolute atomic E-state index is 0.0709. The number of hydrogen-bond acceptors (Lipinski definition) is 4. The monoisotopic (exact) mass is 480 g/mol. The minimum atomic E-state index is -0.309. The average Bonchev–Trinajstić information content (AvgIpc) is 3.23. The molecule has 0 aromatic heterocycles. The lowest BCUT2D eigenvalue weighted by atomic mass is 9.69. The molecule has 0 spiro atoms. The van der Waals surface area contributed by atoms with Crippen LogP contribution in [0.2, 0.25) is 0 Å². The van der Waals surface area contributed by atoms with Crippen LogP contribution in [0.25, 0.3) is 0 Å². The third-order valence-electron chi connectivity index (χ3n) is 7.91. The van der Waals surface area contributed by atoms with Gasteiger partial charge < -0.3 is 14.6 Å². The third kappa shape index (κ3) is 6.27. The summed E-state index contributed by atoms with van der Waals surface area (Å²) in [5.74, 6) is 0.717. The number of esters is 1. The predicted molar refractivity (Wildman–Crippen MR) is 142 cm³/mol. The molecule has 1 aliphatic heterocycles. The molecule has 2 unspecified atom stereocenters. The van der Waals surface area contributed by atoms with Gasteiger partial charge in [0.1, 0.15) is 18.5 Å². The molecule has 3 rings (SSSR count). The molecule has 192 valence electrons. The highest BCUT2D eigenvalue weighted by molar-refractivity contribution is 5.71. The highest BCUT2D eigenvalue weighted by Gasteiger charge is 2.32. The first-order valence-corrected chi connectivity index (χ1v) is 13.2. The number of cyclic esters (lactones) is 1. The van der Waals surface area contributed by atoms with Gasteiger partial charge in [-0.15, -0.1) is 0 Å². The summed E-state index contributed by atoms with van der Waals surface area (Å²) in [4.78, 5) is 11.3. The summed E-state index contributed by atoms with van der Waals surface area (Å²) >= 11 is 0. The van der Waals surface area contributed by atoms with E-state index in [9.17, 15) is 9.90 Å². The van der Waals surface area contributed by atoms with E-state index in [0.717, 1.165) is 43.4 Å². The van der Waals surface area contributed by atoms with E-state index in [1.807, 2.05) is 0 Å². The summed E-state index contributed by atoms with van der Waals surface area (Å²) in [5, 5.41) is 10.5. The van der Waals surface area contributed by atoms with E-state index >= 15 is 0 Å². The molecule has 1 fully saturated rings. The fraction of sp³-hybridized carbons (Fsp3) is 0.581. The Morgan fingerprint density at radius 1 is 1.03 bits per heavy atom. The summed E-state index contributed by atoms with van der Waals surface area (Å²) in [6, 6.07) is 13.4. The topological polar surface area (TPSA) is 55.8 Å². The molecule has 0 aliphatic carbocycles. The fourth-order valence-electron chi connectivity index (χ4n) is 5.22. The number of carbonyl (C=O) groups excluding carboxylic acids is 1. The van der Waals surface area contributed by atoms with Crippen molar-refractivity contribution < 1.29 is 19.4 Å². The highest BCUT2D eigenvalue weighted by Crippen LogP contribution is 2.41. The molecule has 0 bridgehead atoms. The predicted octanol–water partition coefficient (Wildman–Crippen LogP) is 6.83. The Morgan fingerprint density at radius 3 is 2.17 bits per heavy atom. The first-order chi connectivity index (χ1) is 16.5. The van der Waals surface area contributed by atoms with Crippen molar-refractivity contribution in [3.8, 4) is 5.75 Å². The van der Waals surface area contributed by atoms with E-state index in [0.29, 0.717) is 13.0 Å². The minimum Gasteiger partial charge on any atom is -0.489 e. The number of hydrogen-bond donors (Lipinski definition) is 1. The largest absolute Gasteiger partial charge is 0.489 e. The number of rotatable bonds is 10. The average molecular weight is 481 g/mol. The van der Waals surface area contributed by atoms with E-state index in [1.165, 1.54) is 22.3 Å². The Balaban J connectivity index is 1.80. The first-order valence-electron chi connectivity index (χ1n) is 13.2. The third-order valence-corrected chi connectivity index (χ3v) is 7.91. The molecule has 4 heteroatoms. The van der Waals surface area contributed by atoms with Gasteiger partial charge in [0, 0.05) is 11.8 Å². The van der Waals surface area contributed by atoms with Gasteiger partial charge in [-0.25, -0.2) is 0 Å². The molecule has 2 aromatic carbocycles. The van der Waals surface area contributed by atoms with Crippen molar-refractivity contribution in [2.75, 3.05) is 6.61 Å². The number of aliphatic hydroxyl groups is 1. The second-order valence-corrected chi connectivity index (χ2v) is 11.3. The number of ether oxygens (including phenoxy) is 2. The van der Waals surface area contributed by atoms with Crippen LogP contribution in [0, 0.1) is 19.3 Å². The van der Waals surface area contributed by atoms with Gasteiger partial charge in [-0.2, -0.15) is 0 Å². The zero-order chi connectivity index (χ0) is 25.8. The van der Waals surface area contributed by atoms with Gasteiger partial charge in [0.05, 0.1) is 6.10 Å². The molecule has 0 saturated carbocycles. The van der Waals surface area contributed by atoms with Crippen LogP contribution >= 0.6 is 0 Å². The number of benzene rings is 2. The second kappa shape index (κ2) is 11.2. The lowest BCUT2D eigenvalue weighted by Gasteiger charge is -2.34. The lowest BCUT2D eigenvalue weighted by molar-refractivity contribution is -0.142. The van der Waals surface area contributed by atoms with E-state index in [-0.39, 0.29) is 29.0 Å². The molecule has 0 amide bonds. The molecular weight excluding hydrogens is 436 g/mol. The number of aliphatic hydroxyl groups excluding tert-OH is 1. The molecule has 2 aromatic rings. The maximum absolute atomic E-state index is 11.3. The van der Waals surface area contributed by atoms with Crippen LogP contribution in [0.1, 0.15) is 94.5 Å². The van der Waals surface area contributed by atoms with Gasteiger partial charge in [-0.05, 0) is 85.3 Å². The molecule has 2 atom stereocenters. The summed E-state index contributed by atoms with van der Waals surface area (Å²) in [7, 11) is 0. The van der Waals surface area contributed by atoms with E-state index in [1.54, 1.807) is 0 Å². The van der Waals surface area contributed by atoms with Crippen LogP contribution in [0.4, 0.5) is 0 Å². The zero-order valence-corrected chi connectivity index (χ0v) is 22.7. The SMILES string of the molecule is CCC(CC)(c1ccc(CCC(O)C(C)(C)C)c(C)c1)c1ccc(OCC2CCC(=O)O2)c(C)c1. The van der Waals surface area contributed by atoms with Gasteiger partial charge in [0.2, 0.25) is 0 Å². The summed E-state index contributed by atoms with van der Waals surface area (Å²) < 4.78 is 11.3. The Morgan fingerprint density at radius 2 is 1.66 bits per heavy atom. The Hall–Kier alpha value is -2.33. The van der Waals surface area contributed by atoms with Crippen LogP contribution in [0.3, 0.4) is 0 Å². The second-order valence-electron chi connectivity index (χ2n) is 11.3. The Bertz CT molecular complexity index is 1010. The van der Waals surface area contributed by atoms with Crippen molar-refractivity contribution in [1.29, 1.82) is 0 Å². The molecule has 1 aliphatic rings. The molecular formula is C31H44O4. The van der Waals surface area contributed by atoms with Gasteiger partial charge in [0.15, 0.2) is 0 Å².